The summed E-state index contributed by atoms with van der Waals surface area (Å²) in [5, 5.41) is 0. The second-order valence-electron chi connectivity index (χ2n) is 4.70. The fraction of sp³-hybridized carbons (Fsp3) is 0.643. The van der Waals surface area contributed by atoms with Gasteiger partial charge in [0.1, 0.15) is 5.75 Å². The number of hydrogen-bond acceptors (Lipinski definition) is 5. The summed E-state index contributed by atoms with van der Waals surface area (Å²) in [4.78, 5) is 11.5. The highest BCUT2D eigenvalue weighted by atomic mass is 16.7. The Labute approximate surface area is 112 Å². The molecular formula is C14H20O5. The van der Waals surface area contributed by atoms with Gasteiger partial charge < -0.3 is 18.6 Å². The first-order chi connectivity index (χ1) is 9.13. The van der Waals surface area contributed by atoms with Crippen LogP contribution in [0, 0.1) is 0 Å². The van der Waals surface area contributed by atoms with Crippen LogP contribution >= 0.6 is 0 Å². The summed E-state index contributed by atoms with van der Waals surface area (Å²) in [6.07, 6.45) is 3.72. The van der Waals surface area contributed by atoms with E-state index in [2.05, 4.69) is 6.92 Å². The molecule has 2 heterocycles. The molecule has 1 aromatic rings. The van der Waals surface area contributed by atoms with Gasteiger partial charge in [-0.3, -0.25) is 0 Å². The lowest BCUT2D eigenvalue weighted by Crippen LogP contribution is -2.29. The van der Waals surface area contributed by atoms with Crippen molar-refractivity contribution in [1.29, 1.82) is 0 Å². The fourth-order valence-electron chi connectivity index (χ4n) is 2.46. The second-order valence-corrected chi connectivity index (χ2v) is 4.70. The van der Waals surface area contributed by atoms with Crippen LogP contribution in [0.1, 0.15) is 38.4 Å². The van der Waals surface area contributed by atoms with Gasteiger partial charge in [-0.05, 0) is 12.8 Å². The molecule has 2 rings (SSSR count). The van der Waals surface area contributed by atoms with Gasteiger partial charge in [0.2, 0.25) is 5.79 Å². The monoisotopic (exact) mass is 268 g/mol. The third kappa shape index (κ3) is 2.82. The van der Waals surface area contributed by atoms with Gasteiger partial charge in [-0.1, -0.05) is 13.3 Å². The van der Waals surface area contributed by atoms with Gasteiger partial charge in [-0.15, -0.1) is 0 Å². The van der Waals surface area contributed by atoms with E-state index >= 15 is 0 Å². The molecule has 0 radical (unpaired) electrons. The zero-order chi connectivity index (χ0) is 13.9. The molecule has 0 aliphatic carbocycles. The standard InChI is InChI=1S/C14H20O5/c1-4-5-10-6-7-14(17-3,19-10)12-8-11(16-2)9-13(15)18-12/h8-10H,4-7H2,1-3H3/t10-,14-/m1/s1. The Morgan fingerprint density at radius 3 is 2.84 bits per heavy atom. The maximum absolute atomic E-state index is 11.5. The molecule has 1 aromatic heterocycles. The number of rotatable bonds is 5. The third-order valence-electron chi connectivity index (χ3n) is 3.45. The first-order valence-corrected chi connectivity index (χ1v) is 6.56. The average Bonchev–Trinajstić information content (AvgIpc) is 2.83. The van der Waals surface area contributed by atoms with Crippen molar-refractivity contribution in [2.24, 2.45) is 0 Å². The van der Waals surface area contributed by atoms with Crippen molar-refractivity contribution >= 4 is 0 Å². The number of ether oxygens (including phenoxy) is 3. The zero-order valence-corrected chi connectivity index (χ0v) is 11.6. The Hall–Kier alpha value is -1.33. The van der Waals surface area contributed by atoms with E-state index in [-0.39, 0.29) is 6.10 Å². The highest BCUT2D eigenvalue weighted by Gasteiger charge is 2.44. The molecule has 106 valence electrons. The third-order valence-corrected chi connectivity index (χ3v) is 3.45. The minimum atomic E-state index is -0.965. The summed E-state index contributed by atoms with van der Waals surface area (Å²) in [6, 6.07) is 2.95. The summed E-state index contributed by atoms with van der Waals surface area (Å²) in [5.41, 5.74) is -0.465. The second kappa shape index (κ2) is 5.75. The summed E-state index contributed by atoms with van der Waals surface area (Å²) in [6.45, 7) is 2.11. The first-order valence-electron chi connectivity index (χ1n) is 6.56. The van der Waals surface area contributed by atoms with E-state index < -0.39 is 11.4 Å². The molecule has 5 nitrogen and oxygen atoms in total. The Balaban J connectivity index is 2.32. The Morgan fingerprint density at radius 1 is 1.42 bits per heavy atom. The van der Waals surface area contributed by atoms with Crippen LogP contribution in [0.25, 0.3) is 0 Å². The molecule has 19 heavy (non-hydrogen) atoms. The maximum Gasteiger partial charge on any atom is 0.339 e. The van der Waals surface area contributed by atoms with Crippen LogP contribution in [0.5, 0.6) is 5.75 Å². The number of hydrogen-bond donors (Lipinski definition) is 0. The van der Waals surface area contributed by atoms with E-state index in [1.165, 1.54) is 13.2 Å². The molecular weight excluding hydrogens is 248 g/mol. The molecule has 0 aromatic carbocycles. The first kappa shape index (κ1) is 14.1. The van der Waals surface area contributed by atoms with Crippen LogP contribution in [0.4, 0.5) is 0 Å². The van der Waals surface area contributed by atoms with Crippen molar-refractivity contribution < 1.29 is 18.6 Å². The summed E-state index contributed by atoms with van der Waals surface area (Å²) < 4.78 is 21.8. The molecule has 1 saturated heterocycles. The lowest BCUT2D eigenvalue weighted by Gasteiger charge is -2.26. The lowest BCUT2D eigenvalue weighted by atomic mass is 10.1. The van der Waals surface area contributed by atoms with Gasteiger partial charge in [-0.25, -0.2) is 4.79 Å². The Kier molecular flexibility index (Phi) is 4.27. The quantitative estimate of drug-likeness (QED) is 0.820. The number of methoxy groups -OCH3 is 2. The van der Waals surface area contributed by atoms with Crippen molar-refractivity contribution in [2.45, 2.75) is 44.5 Å². The van der Waals surface area contributed by atoms with Crippen molar-refractivity contribution in [2.75, 3.05) is 14.2 Å². The van der Waals surface area contributed by atoms with E-state index in [1.807, 2.05) is 0 Å². The highest BCUT2D eigenvalue weighted by Crippen LogP contribution is 2.41. The fourth-order valence-corrected chi connectivity index (χ4v) is 2.46. The highest BCUT2D eigenvalue weighted by molar-refractivity contribution is 5.23. The van der Waals surface area contributed by atoms with Gasteiger partial charge in [0, 0.05) is 19.6 Å². The van der Waals surface area contributed by atoms with E-state index in [1.54, 1.807) is 13.2 Å². The normalized spacial score (nSPS) is 26.6. The van der Waals surface area contributed by atoms with Crippen LogP contribution in [0.2, 0.25) is 0 Å². The van der Waals surface area contributed by atoms with Crippen LogP contribution in [-0.2, 0) is 15.3 Å². The smallest absolute Gasteiger partial charge is 0.339 e. The SMILES string of the molecule is CCC[C@@H]1CC[C@](OC)(c2cc(OC)cc(=O)o2)O1. The Morgan fingerprint density at radius 2 is 2.21 bits per heavy atom. The van der Waals surface area contributed by atoms with Crippen LogP contribution in [0.3, 0.4) is 0 Å². The molecule has 0 unspecified atom stereocenters. The van der Waals surface area contributed by atoms with Crippen molar-refractivity contribution in [1.82, 2.24) is 0 Å². The molecule has 0 spiro atoms. The predicted octanol–water partition coefficient (Wildman–Crippen LogP) is 2.43. The molecule has 0 bridgehead atoms. The molecule has 0 N–H and O–H groups in total. The van der Waals surface area contributed by atoms with E-state index in [9.17, 15) is 4.79 Å². The van der Waals surface area contributed by atoms with Crippen LogP contribution in [-0.4, -0.2) is 20.3 Å². The lowest BCUT2D eigenvalue weighted by molar-refractivity contribution is -0.232. The largest absolute Gasteiger partial charge is 0.496 e. The van der Waals surface area contributed by atoms with Crippen molar-refractivity contribution in [3.63, 3.8) is 0 Å². The topological polar surface area (TPSA) is 57.9 Å². The summed E-state index contributed by atoms with van der Waals surface area (Å²) >= 11 is 0. The average molecular weight is 268 g/mol. The molecule has 1 aliphatic heterocycles. The van der Waals surface area contributed by atoms with Gasteiger partial charge in [0.25, 0.3) is 0 Å². The molecule has 1 aliphatic rings. The predicted molar refractivity (Wildman–Crippen MR) is 69.2 cm³/mol. The summed E-state index contributed by atoms with van der Waals surface area (Å²) in [7, 11) is 3.07. The van der Waals surface area contributed by atoms with Gasteiger partial charge >= 0.3 is 5.63 Å². The molecule has 5 heteroatoms. The van der Waals surface area contributed by atoms with Gasteiger partial charge in [-0.2, -0.15) is 0 Å². The minimum absolute atomic E-state index is 0.140. The van der Waals surface area contributed by atoms with Crippen LogP contribution in [0.15, 0.2) is 21.3 Å². The van der Waals surface area contributed by atoms with Gasteiger partial charge in [0.15, 0.2) is 5.76 Å². The minimum Gasteiger partial charge on any atom is -0.496 e. The maximum atomic E-state index is 11.5. The van der Waals surface area contributed by atoms with E-state index in [0.717, 1.165) is 19.3 Å². The van der Waals surface area contributed by atoms with E-state index in [4.69, 9.17) is 18.6 Å². The summed E-state index contributed by atoms with van der Waals surface area (Å²) in [5.74, 6) is -0.142. The Bertz CT molecular complexity index is 481. The molecule has 1 fully saturated rings. The van der Waals surface area contributed by atoms with Crippen molar-refractivity contribution in [3.8, 4) is 5.75 Å². The van der Waals surface area contributed by atoms with Crippen molar-refractivity contribution in [3.05, 3.63) is 28.3 Å². The van der Waals surface area contributed by atoms with E-state index in [0.29, 0.717) is 17.9 Å². The zero-order valence-electron chi connectivity index (χ0n) is 11.6. The molecule has 2 atom stereocenters. The molecule has 0 saturated carbocycles. The van der Waals surface area contributed by atoms with Crippen LogP contribution < -0.4 is 10.4 Å². The van der Waals surface area contributed by atoms with Gasteiger partial charge in [0.05, 0.1) is 19.3 Å². The molecule has 0 amide bonds.